The molecule has 65 heavy (non-hydrogen) atoms. The molecule has 0 bridgehead atoms. The molecule has 0 spiro atoms. The largest absolute Gasteiger partial charge is 0.455 e. The molecule has 5 heteroatoms. The summed E-state index contributed by atoms with van der Waals surface area (Å²) in [5.41, 5.74) is 15.0. The number of hydrogen-bond donors (Lipinski definition) is 0. The molecule has 0 unspecified atom stereocenters. The molecule has 0 aliphatic carbocycles. The molecule has 0 fully saturated rings. The minimum atomic E-state index is -0.391. The van der Waals surface area contributed by atoms with Crippen LogP contribution in [0.1, 0.15) is 43.3 Å². The first kappa shape index (κ1) is 40.8. The number of aromatic nitrogens is 4. The van der Waals surface area contributed by atoms with E-state index in [1.165, 1.54) is 0 Å². The Morgan fingerprint density at radius 2 is 0.908 bits per heavy atom. The molecule has 1 aliphatic rings. The first-order valence-corrected chi connectivity index (χ1v) is 21.9. The molecule has 0 saturated heterocycles. The van der Waals surface area contributed by atoms with Gasteiger partial charge in [0.25, 0.3) is 0 Å². The highest BCUT2D eigenvalue weighted by Crippen LogP contribution is 2.53. The van der Waals surface area contributed by atoms with Gasteiger partial charge in [-0.1, -0.05) is 209 Å². The summed E-state index contributed by atoms with van der Waals surface area (Å²) in [4.78, 5) is 20.5. The summed E-state index contributed by atoms with van der Waals surface area (Å²) in [7, 11) is 0. The number of benzene rings is 7. The molecule has 0 atom stereocenters. The van der Waals surface area contributed by atoms with Gasteiger partial charge in [-0.15, -0.1) is 0 Å². The van der Waals surface area contributed by atoms with Gasteiger partial charge < -0.3 is 4.74 Å². The van der Waals surface area contributed by atoms with Crippen LogP contribution in [0.5, 0.6) is 11.5 Å². The predicted octanol–water partition coefficient (Wildman–Crippen LogP) is 15.4. The SMILES string of the molecule is C=C/C(=C\C(=C/C)c1nc(-c2ccccc2)cc(-c2ccccc2)n1)c1cccc2c1Oc1c(-c3cccc(-c4nc(-c5ccccc5)cc(-c5ccccc5)n4)c3)cccc1C2(C)C. The van der Waals surface area contributed by atoms with E-state index in [-0.39, 0.29) is 0 Å². The van der Waals surface area contributed by atoms with Crippen molar-refractivity contribution in [3.63, 3.8) is 0 Å². The third-order valence-corrected chi connectivity index (χ3v) is 12.2. The highest BCUT2D eigenvalue weighted by molar-refractivity contribution is 5.90. The van der Waals surface area contributed by atoms with Crippen molar-refractivity contribution < 1.29 is 4.74 Å². The van der Waals surface area contributed by atoms with Crippen molar-refractivity contribution in [2.24, 2.45) is 0 Å². The van der Waals surface area contributed by atoms with Crippen molar-refractivity contribution >= 4 is 11.1 Å². The van der Waals surface area contributed by atoms with Crippen molar-refractivity contribution in [3.05, 3.63) is 241 Å². The van der Waals surface area contributed by atoms with Gasteiger partial charge >= 0.3 is 0 Å². The highest BCUT2D eigenvalue weighted by Gasteiger charge is 2.37. The summed E-state index contributed by atoms with van der Waals surface area (Å²) < 4.78 is 7.22. The minimum absolute atomic E-state index is 0.391. The van der Waals surface area contributed by atoms with Crippen molar-refractivity contribution in [1.29, 1.82) is 0 Å². The monoisotopic (exact) mass is 838 g/mol. The Morgan fingerprint density at radius 1 is 0.462 bits per heavy atom. The lowest BCUT2D eigenvalue weighted by molar-refractivity contribution is 0.418. The molecule has 1 aliphatic heterocycles. The van der Waals surface area contributed by atoms with Gasteiger partial charge in [0.1, 0.15) is 11.5 Å². The first-order chi connectivity index (χ1) is 31.9. The standard InChI is InChI=1S/C60H46N4O/c1-5-40(36-41(6-2)58-61-52(42-22-11-7-12-23-42)38-53(62-58)43-24-13-8-14-25-43)48-32-20-34-50-56(48)65-57-49(33-21-35-51(57)60(50,3)4)46-30-19-31-47(37-46)59-63-54(44-26-15-9-16-27-44)39-55(64-59)45-28-17-10-18-29-45/h5-39H,1H2,2-4H3/b40-36+,41-6+. The number of ether oxygens (including phenoxy) is 1. The summed E-state index contributed by atoms with van der Waals surface area (Å²) in [6, 6.07) is 66.5. The molecule has 0 amide bonds. The van der Waals surface area contributed by atoms with Crippen LogP contribution in [0, 0.1) is 0 Å². The van der Waals surface area contributed by atoms with Crippen LogP contribution in [0.4, 0.5) is 0 Å². The van der Waals surface area contributed by atoms with E-state index < -0.39 is 5.41 Å². The summed E-state index contributed by atoms with van der Waals surface area (Å²) >= 11 is 0. The van der Waals surface area contributed by atoms with E-state index >= 15 is 0 Å². The summed E-state index contributed by atoms with van der Waals surface area (Å²) in [5, 5.41) is 0. The van der Waals surface area contributed by atoms with E-state index in [0.29, 0.717) is 11.6 Å². The van der Waals surface area contributed by atoms with E-state index in [0.717, 1.165) is 101 Å². The second kappa shape index (κ2) is 17.5. The van der Waals surface area contributed by atoms with Crippen LogP contribution in [-0.2, 0) is 5.41 Å². The Morgan fingerprint density at radius 3 is 1.42 bits per heavy atom. The Hall–Kier alpha value is -8.28. The van der Waals surface area contributed by atoms with E-state index in [9.17, 15) is 0 Å². The number of rotatable bonds is 10. The minimum Gasteiger partial charge on any atom is -0.455 e. The van der Waals surface area contributed by atoms with Gasteiger partial charge in [0.2, 0.25) is 0 Å². The highest BCUT2D eigenvalue weighted by atomic mass is 16.5. The van der Waals surface area contributed by atoms with Crippen LogP contribution in [-0.4, -0.2) is 19.9 Å². The summed E-state index contributed by atoms with van der Waals surface area (Å²) in [6.45, 7) is 10.9. The Bertz CT molecular complexity index is 3150. The Balaban J connectivity index is 1.06. The Labute approximate surface area is 380 Å². The van der Waals surface area contributed by atoms with Crippen LogP contribution in [0.3, 0.4) is 0 Å². The molecule has 312 valence electrons. The maximum atomic E-state index is 7.22. The average Bonchev–Trinajstić information content (AvgIpc) is 3.37. The Kier molecular flexibility index (Phi) is 11.0. The van der Waals surface area contributed by atoms with Crippen molar-refractivity contribution in [2.75, 3.05) is 0 Å². The predicted molar refractivity (Wildman–Crippen MR) is 267 cm³/mol. The van der Waals surface area contributed by atoms with E-state index in [2.05, 4.69) is 154 Å². The lowest BCUT2D eigenvalue weighted by atomic mass is 9.74. The zero-order chi connectivity index (χ0) is 44.3. The van der Waals surface area contributed by atoms with E-state index in [1.807, 2.05) is 85.8 Å². The molecular weight excluding hydrogens is 793 g/mol. The lowest BCUT2D eigenvalue weighted by Gasteiger charge is -2.36. The number of allylic oxidation sites excluding steroid dienone is 5. The fourth-order valence-corrected chi connectivity index (χ4v) is 8.68. The smallest absolute Gasteiger partial charge is 0.160 e. The first-order valence-electron chi connectivity index (χ1n) is 21.9. The maximum absolute atomic E-state index is 7.22. The van der Waals surface area contributed by atoms with Crippen LogP contribution >= 0.6 is 0 Å². The number of hydrogen-bond acceptors (Lipinski definition) is 5. The fourth-order valence-electron chi connectivity index (χ4n) is 8.68. The van der Waals surface area contributed by atoms with Crippen molar-refractivity contribution in [2.45, 2.75) is 26.2 Å². The molecule has 3 heterocycles. The molecule has 0 radical (unpaired) electrons. The van der Waals surface area contributed by atoms with Gasteiger partial charge in [-0.3, -0.25) is 0 Å². The number of fused-ring (bicyclic) bond motifs is 2. The molecule has 7 aromatic carbocycles. The summed E-state index contributed by atoms with van der Waals surface area (Å²) in [6.07, 6.45) is 6.08. The molecule has 9 aromatic rings. The zero-order valence-electron chi connectivity index (χ0n) is 36.6. The topological polar surface area (TPSA) is 60.8 Å². The van der Waals surface area contributed by atoms with Gasteiger partial charge in [-0.05, 0) is 42.3 Å². The summed E-state index contributed by atoms with van der Waals surface area (Å²) in [5.74, 6) is 2.89. The van der Waals surface area contributed by atoms with Gasteiger partial charge in [0.15, 0.2) is 11.6 Å². The van der Waals surface area contributed by atoms with Crippen molar-refractivity contribution in [1.82, 2.24) is 19.9 Å². The molecule has 10 rings (SSSR count). The zero-order valence-corrected chi connectivity index (χ0v) is 36.6. The third-order valence-electron chi connectivity index (χ3n) is 12.2. The van der Waals surface area contributed by atoms with E-state index in [4.69, 9.17) is 24.7 Å². The normalized spacial score (nSPS) is 13.0. The lowest BCUT2D eigenvalue weighted by Crippen LogP contribution is -2.25. The van der Waals surface area contributed by atoms with Gasteiger partial charge in [0.05, 0.1) is 22.8 Å². The van der Waals surface area contributed by atoms with Gasteiger partial charge in [0, 0.05) is 61.1 Å². The number of nitrogens with zero attached hydrogens (tertiary/aromatic N) is 4. The average molecular weight is 839 g/mol. The molecule has 0 N–H and O–H groups in total. The second-order valence-corrected chi connectivity index (χ2v) is 16.6. The molecular formula is C60H46N4O. The maximum Gasteiger partial charge on any atom is 0.160 e. The molecule has 5 nitrogen and oxygen atoms in total. The quantitative estimate of drug-likeness (QED) is 0.128. The van der Waals surface area contributed by atoms with Crippen LogP contribution in [0.15, 0.2) is 219 Å². The van der Waals surface area contributed by atoms with Crippen LogP contribution in [0.2, 0.25) is 0 Å². The van der Waals surface area contributed by atoms with Crippen LogP contribution in [0.25, 0.3) is 78.7 Å². The third kappa shape index (κ3) is 8.01. The van der Waals surface area contributed by atoms with Crippen molar-refractivity contribution in [3.8, 4) is 79.0 Å². The van der Waals surface area contributed by atoms with Crippen LogP contribution < -0.4 is 4.74 Å². The fraction of sp³-hybridized carbons (Fsp3) is 0.0667. The second-order valence-electron chi connectivity index (χ2n) is 16.6. The van der Waals surface area contributed by atoms with E-state index in [1.54, 1.807) is 0 Å². The molecule has 0 saturated carbocycles. The van der Waals surface area contributed by atoms with Gasteiger partial charge in [-0.25, -0.2) is 19.9 Å². The van der Waals surface area contributed by atoms with Gasteiger partial charge in [-0.2, -0.15) is 0 Å². The molecule has 2 aromatic heterocycles. The number of para-hydroxylation sites is 2.